The van der Waals surface area contributed by atoms with Crippen LogP contribution in [0.25, 0.3) is 0 Å². The summed E-state index contributed by atoms with van der Waals surface area (Å²) in [5.74, 6) is 1.19. The fourth-order valence-electron chi connectivity index (χ4n) is 1.76. The molecule has 1 aliphatic rings. The van der Waals surface area contributed by atoms with Crippen molar-refractivity contribution >= 4 is 5.91 Å². The topological polar surface area (TPSA) is 38.3 Å². The first kappa shape index (κ1) is 10.0. The number of rotatable bonds is 4. The highest BCUT2D eigenvalue weighted by molar-refractivity contribution is 5.80. The molecule has 0 bridgehead atoms. The average Bonchev–Trinajstić information content (AvgIpc) is 2.66. The molecule has 3 nitrogen and oxygen atoms in total. The summed E-state index contributed by atoms with van der Waals surface area (Å²) in [5, 5.41) is 2.82. The highest BCUT2D eigenvalue weighted by Gasteiger charge is 2.23. The third-order valence-electron chi connectivity index (χ3n) is 2.64. The Hall–Kier alpha value is -1.51. The van der Waals surface area contributed by atoms with Gasteiger partial charge in [0.15, 0.2) is 0 Å². The van der Waals surface area contributed by atoms with Crippen LogP contribution in [0.4, 0.5) is 0 Å². The van der Waals surface area contributed by atoms with E-state index in [2.05, 4.69) is 5.32 Å². The van der Waals surface area contributed by atoms with E-state index >= 15 is 0 Å². The molecule has 2 rings (SSSR count). The SMILES string of the molecule is O=C1NCCC1CCOc1ccccc1. The van der Waals surface area contributed by atoms with Gasteiger partial charge in [-0.1, -0.05) is 18.2 Å². The number of carbonyl (C=O) groups is 1. The van der Waals surface area contributed by atoms with Gasteiger partial charge in [-0.15, -0.1) is 0 Å². The van der Waals surface area contributed by atoms with Gasteiger partial charge in [0.25, 0.3) is 0 Å². The Balaban J connectivity index is 1.73. The van der Waals surface area contributed by atoms with Crippen molar-refractivity contribution in [1.29, 1.82) is 0 Å². The van der Waals surface area contributed by atoms with Crippen LogP contribution in [0.15, 0.2) is 30.3 Å². The van der Waals surface area contributed by atoms with Crippen molar-refractivity contribution in [2.45, 2.75) is 12.8 Å². The van der Waals surface area contributed by atoms with Gasteiger partial charge in [-0.25, -0.2) is 0 Å². The summed E-state index contributed by atoms with van der Waals surface area (Å²) in [4.78, 5) is 11.2. The zero-order valence-corrected chi connectivity index (χ0v) is 8.61. The number of nitrogens with one attached hydrogen (secondary N) is 1. The molecule has 1 aromatic rings. The third kappa shape index (κ3) is 2.72. The number of para-hydroxylation sites is 1. The first-order valence-corrected chi connectivity index (χ1v) is 5.32. The van der Waals surface area contributed by atoms with E-state index in [1.54, 1.807) is 0 Å². The fraction of sp³-hybridized carbons (Fsp3) is 0.417. The minimum atomic E-state index is 0.147. The highest BCUT2D eigenvalue weighted by Crippen LogP contribution is 2.15. The monoisotopic (exact) mass is 205 g/mol. The largest absolute Gasteiger partial charge is 0.494 e. The summed E-state index contributed by atoms with van der Waals surface area (Å²) in [6, 6.07) is 9.69. The molecule has 1 aliphatic heterocycles. The van der Waals surface area contributed by atoms with Gasteiger partial charge in [-0.3, -0.25) is 4.79 Å². The maximum Gasteiger partial charge on any atom is 0.223 e. The second kappa shape index (κ2) is 4.82. The Morgan fingerprint density at radius 3 is 2.80 bits per heavy atom. The molecule has 15 heavy (non-hydrogen) atoms. The molecule has 1 amide bonds. The molecular weight excluding hydrogens is 190 g/mol. The molecular formula is C12H15NO2. The van der Waals surface area contributed by atoms with E-state index in [0.29, 0.717) is 6.61 Å². The fourth-order valence-corrected chi connectivity index (χ4v) is 1.76. The smallest absolute Gasteiger partial charge is 0.223 e. The van der Waals surface area contributed by atoms with Gasteiger partial charge in [0.2, 0.25) is 5.91 Å². The van der Waals surface area contributed by atoms with Crippen LogP contribution in [0.5, 0.6) is 5.75 Å². The van der Waals surface area contributed by atoms with Gasteiger partial charge in [-0.05, 0) is 25.0 Å². The zero-order valence-electron chi connectivity index (χ0n) is 8.61. The lowest BCUT2D eigenvalue weighted by Crippen LogP contribution is -2.20. The maximum atomic E-state index is 11.2. The lowest BCUT2D eigenvalue weighted by molar-refractivity contribution is -0.122. The Labute approximate surface area is 89.4 Å². The summed E-state index contributed by atoms with van der Waals surface area (Å²) < 4.78 is 5.54. The van der Waals surface area contributed by atoms with Crippen LogP contribution in [-0.2, 0) is 4.79 Å². The van der Waals surface area contributed by atoms with E-state index in [-0.39, 0.29) is 11.8 Å². The minimum Gasteiger partial charge on any atom is -0.494 e. The van der Waals surface area contributed by atoms with E-state index in [1.165, 1.54) is 0 Å². The highest BCUT2D eigenvalue weighted by atomic mass is 16.5. The number of amides is 1. The molecule has 1 fully saturated rings. The van der Waals surface area contributed by atoms with Crippen LogP contribution in [0, 0.1) is 5.92 Å². The predicted octanol–water partition coefficient (Wildman–Crippen LogP) is 1.59. The first-order valence-electron chi connectivity index (χ1n) is 5.32. The number of benzene rings is 1. The standard InChI is InChI=1S/C12H15NO2/c14-12-10(6-8-13-12)7-9-15-11-4-2-1-3-5-11/h1-5,10H,6-9H2,(H,13,14). The van der Waals surface area contributed by atoms with Crippen molar-refractivity contribution in [1.82, 2.24) is 5.32 Å². The number of hydrogen-bond donors (Lipinski definition) is 1. The van der Waals surface area contributed by atoms with Crippen LogP contribution in [0.3, 0.4) is 0 Å². The molecule has 1 unspecified atom stereocenters. The molecule has 1 saturated heterocycles. The van der Waals surface area contributed by atoms with Crippen LogP contribution >= 0.6 is 0 Å². The van der Waals surface area contributed by atoms with Gasteiger partial charge >= 0.3 is 0 Å². The Morgan fingerprint density at radius 2 is 2.13 bits per heavy atom. The third-order valence-corrected chi connectivity index (χ3v) is 2.64. The Morgan fingerprint density at radius 1 is 1.33 bits per heavy atom. The van der Waals surface area contributed by atoms with Crippen molar-refractivity contribution in [2.75, 3.05) is 13.2 Å². The molecule has 1 aromatic carbocycles. The minimum absolute atomic E-state index is 0.147. The predicted molar refractivity (Wildman–Crippen MR) is 57.7 cm³/mol. The number of ether oxygens (including phenoxy) is 1. The van der Waals surface area contributed by atoms with E-state index in [1.807, 2.05) is 30.3 Å². The van der Waals surface area contributed by atoms with Crippen LogP contribution in [0.2, 0.25) is 0 Å². The summed E-state index contributed by atoms with van der Waals surface area (Å²) in [7, 11) is 0. The summed E-state index contributed by atoms with van der Waals surface area (Å²) in [6.07, 6.45) is 1.75. The normalized spacial score (nSPS) is 20.0. The second-order valence-corrected chi connectivity index (χ2v) is 3.73. The van der Waals surface area contributed by atoms with E-state index in [4.69, 9.17) is 4.74 Å². The molecule has 0 spiro atoms. The van der Waals surface area contributed by atoms with E-state index in [0.717, 1.165) is 25.1 Å². The molecule has 1 N–H and O–H groups in total. The average molecular weight is 205 g/mol. The van der Waals surface area contributed by atoms with Crippen molar-refractivity contribution in [2.24, 2.45) is 5.92 Å². The second-order valence-electron chi connectivity index (χ2n) is 3.73. The number of hydrogen-bond acceptors (Lipinski definition) is 2. The molecule has 0 aromatic heterocycles. The molecule has 0 saturated carbocycles. The molecule has 1 atom stereocenters. The lowest BCUT2D eigenvalue weighted by Gasteiger charge is -2.08. The zero-order chi connectivity index (χ0) is 10.5. The van der Waals surface area contributed by atoms with Crippen molar-refractivity contribution in [3.05, 3.63) is 30.3 Å². The Kier molecular flexibility index (Phi) is 3.22. The van der Waals surface area contributed by atoms with Gasteiger partial charge < -0.3 is 10.1 Å². The van der Waals surface area contributed by atoms with E-state index < -0.39 is 0 Å². The van der Waals surface area contributed by atoms with Crippen molar-refractivity contribution < 1.29 is 9.53 Å². The molecule has 0 aliphatic carbocycles. The molecule has 1 heterocycles. The number of carbonyl (C=O) groups excluding carboxylic acids is 1. The summed E-state index contributed by atoms with van der Waals surface area (Å²) in [6.45, 7) is 1.43. The lowest BCUT2D eigenvalue weighted by atomic mass is 10.1. The van der Waals surface area contributed by atoms with Gasteiger partial charge in [0.1, 0.15) is 5.75 Å². The van der Waals surface area contributed by atoms with Crippen LogP contribution in [-0.4, -0.2) is 19.1 Å². The molecule has 0 radical (unpaired) electrons. The summed E-state index contributed by atoms with van der Waals surface area (Å²) in [5.41, 5.74) is 0. The first-order chi connectivity index (χ1) is 7.36. The van der Waals surface area contributed by atoms with Crippen molar-refractivity contribution in [3.63, 3.8) is 0 Å². The van der Waals surface area contributed by atoms with Gasteiger partial charge in [-0.2, -0.15) is 0 Å². The van der Waals surface area contributed by atoms with Crippen molar-refractivity contribution in [3.8, 4) is 5.75 Å². The van der Waals surface area contributed by atoms with Gasteiger partial charge in [0, 0.05) is 12.5 Å². The van der Waals surface area contributed by atoms with Crippen LogP contribution in [0.1, 0.15) is 12.8 Å². The van der Waals surface area contributed by atoms with Gasteiger partial charge in [0.05, 0.1) is 6.61 Å². The quantitative estimate of drug-likeness (QED) is 0.810. The molecule has 3 heteroatoms. The maximum absolute atomic E-state index is 11.2. The van der Waals surface area contributed by atoms with Crippen LogP contribution < -0.4 is 10.1 Å². The summed E-state index contributed by atoms with van der Waals surface area (Å²) >= 11 is 0. The molecule has 80 valence electrons. The Bertz CT molecular complexity index is 324. The van der Waals surface area contributed by atoms with E-state index in [9.17, 15) is 4.79 Å².